The van der Waals surface area contributed by atoms with E-state index in [4.69, 9.17) is 13.9 Å². The fourth-order valence-corrected chi connectivity index (χ4v) is 2.23. The van der Waals surface area contributed by atoms with Crippen LogP contribution >= 0.6 is 0 Å². The molecule has 0 saturated carbocycles. The standard InChI is InChI=1S/C17H25NO3/c1-5-8-20-13-6-7-16-14(9-13)15(11-19-4)17(21-16)10-18-12(2)3/h6-7,9,12,18H,5,8,10-11H2,1-4H3. The maximum absolute atomic E-state index is 5.96. The van der Waals surface area contributed by atoms with Gasteiger partial charge in [-0.05, 0) is 24.6 Å². The summed E-state index contributed by atoms with van der Waals surface area (Å²) < 4.78 is 17.0. The summed E-state index contributed by atoms with van der Waals surface area (Å²) >= 11 is 0. The van der Waals surface area contributed by atoms with E-state index in [1.165, 1.54) is 0 Å². The van der Waals surface area contributed by atoms with E-state index in [1.807, 2.05) is 18.2 Å². The van der Waals surface area contributed by atoms with Gasteiger partial charge in [0.15, 0.2) is 0 Å². The maximum atomic E-state index is 5.96. The van der Waals surface area contributed by atoms with E-state index in [2.05, 4.69) is 26.1 Å². The highest BCUT2D eigenvalue weighted by Crippen LogP contribution is 2.30. The quantitative estimate of drug-likeness (QED) is 0.802. The summed E-state index contributed by atoms with van der Waals surface area (Å²) in [6.45, 7) is 8.31. The number of nitrogens with one attached hydrogen (secondary N) is 1. The number of rotatable bonds is 8. The van der Waals surface area contributed by atoms with E-state index in [9.17, 15) is 0 Å². The maximum Gasteiger partial charge on any atom is 0.135 e. The molecule has 0 radical (unpaired) electrons. The minimum absolute atomic E-state index is 0.414. The Balaban J connectivity index is 2.33. The summed E-state index contributed by atoms with van der Waals surface area (Å²) in [5.41, 5.74) is 1.98. The minimum Gasteiger partial charge on any atom is -0.494 e. The van der Waals surface area contributed by atoms with Crippen molar-refractivity contribution in [2.24, 2.45) is 0 Å². The Hall–Kier alpha value is -1.52. The monoisotopic (exact) mass is 291 g/mol. The summed E-state index contributed by atoms with van der Waals surface area (Å²) in [5, 5.41) is 4.46. The molecule has 0 fully saturated rings. The van der Waals surface area contributed by atoms with Gasteiger partial charge in [0.05, 0.1) is 19.8 Å². The molecule has 0 aliphatic carbocycles. The molecule has 2 aromatic rings. The van der Waals surface area contributed by atoms with E-state index < -0.39 is 0 Å². The van der Waals surface area contributed by atoms with Crippen LogP contribution in [0.15, 0.2) is 22.6 Å². The number of ether oxygens (including phenoxy) is 2. The van der Waals surface area contributed by atoms with Crippen molar-refractivity contribution < 1.29 is 13.9 Å². The van der Waals surface area contributed by atoms with Crippen LogP contribution in [-0.4, -0.2) is 19.8 Å². The number of benzene rings is 1. The van der Waals surface area contributed by atoms with Crippen molar-refractivity contribution in [3.63, 3.8) is 0 Å². The van der Waals surface area contributed by atoms with Crippen LogP contribution in [0.5, 0.6) is 5.75 Å². The van der Waals surface area contributed by atoms with Gasteiger partial charge in [-0.3, -0.25) is 0 Å². The Morgan fingerprint density at radius 2 is 2.10 bits per heavy atom. The predicted molar refractivity (Wildman–Crippen MR) is 84.7 cm³/mol. The second-order valence-corrected chi connectivity index (χ2v) is 5.48. The van der Waals surface area contributed by atoms with E-state index >= 15 is 0 Å². The van der Waals surface area contributed by atoms with Crippen LogP contribution < -0.4 is 10.1 Å². The lowest BCUT2D eigenvalue weighted by molar-refractivity contribution is 0.183. The Bertz CT molecular complexity index is 575. The van der Waals surface area contributed by atoms with Crippen molar-refractivity contribution in [1.82, 2.24) is 5.32 Å². The number of fused-ring (bicyclic) bond motifs is 1. The summed E-state index contributed by atoms with van der Waals surface area (Å²) in [6.07, 6.45) is 0.998. The zero-order valence-electron chi connectivity index (χ0n) is 13.4. The molecule has 2 rings (SSSR count). The van der Waals surface area contributed by atoms with Crippen LogP contribution in [0.1, 0.15) is 38.5 Å². The molecule has 0 aliphatic heterocycles. The third kappa shape index (κ3) is 3.99. The van der Waals surface area contributed by atoms with Gasteiger partial charge in [-0.2, -0.15) is 0 Å². The SMILES string of the molecule is CCCOc1ccc2oc(CNC(C)C)c(COC)c2c1. The van der Waals surface area contributed by atoms with Crippen LogP contribution in [0.2, 0.25) is 0 Å². The van der Waals surface area contributed by atoms with Gasteiger partial charge in [0.1, 0.15) is 17.1 Å². The van der Waals surface area contributed by atoms with E-state index in [0.29, 0.717) is 19.2 Å². The van der Waals surface area contributed by atoms with Crippen molar-refractivity contribution >= 4 is 11.0 Å². The highest BCUT2D eigenvalue weighted by molar-refractivity contribution is 5.83. The van der Waals surface area contributed by atoms with Crippen molar-refractivity contribution in [3.05, 3.63) is 29.5 Å². The lowest BCUT2D eigenvalue weighted by Crippen LogP contribution is -2.22. The zero-order chi connectivity index (χ0) is 15.2. The molecule has 4 heteroatoms. The first kappa shape index (κ1) is 15.9. The molecule has 0 unspecified atom stereocenters. The second-order valence-electron chi connectivity index (χ2n) is 5.48. The number of methoxy groups -OCH3 is 1. The summed E-state index contributed by atoms with van der Waals surface area (Å²) in [7, 11) is 1.70. The van der Waals surface area contributed by atoms with Gasteiger partial charge in [0, 0.05) is 24.1 Å². The van der Waals surface area contributed by atoms with Crippen LogP contribution in [0.25, 0.3) is 11.0 Å². The number of hydrogen-bond donors (Lipinski definition) is 1. The third-order valence-corrected chi connectivity index (χ3v) is 3.28. The molecule has 1 heterocycles. The molecule has 116 valence electrons. The van der Waals surface area contributed by atoms with Crippen LogP contribution in [0.4, 0.5) is 0 Å². The van der Waals surface area contributed by atoms with Crippen molar-refractivity contribution in [3.8, 4) is 5.75 Å². The Labute approximate surface area is 126 Å². The van der Waals surface area contributed by atoms with Crippen molar-refractivity contribution in [1.29, 1.82) is 0 Å². The summed E-state index contributed by atoms with van der Waals surface area (Å²) in [5.74, 6) is 1.82. The first-order valence-corrected chi connectivity index (χ1v) is 7.55. The van der Waals surface area contributed by atoms with Crippen molar-refractivity contribution in [2.75, 3.05) is 13.7 Å². The van der Waals surface area contributed by atoms with E-state index in [-0.39, 0.29) is 0 Å². The molecule has 0 saturated heterocycles. The van der Waals surface area contributed by atoms with Gasteiger partial charge in [-0.1, -0.05) is 20.8 Å². The molecule has 0 atom stereocenters. The van der Waals surface area contributed by atoms with Crippen LogP contribution in [0, 0.1) is 0 Å². The largest absolute Gasteiger partial charge is 0.494 e. The van der Waals surface area contributed by atoms with Gasteiger partial charge in [-0.25, -0.2) is 0 Å². The highest BCUT2D eigenvalue weighted by atomic mass is 16.5. The molecule has 1 aromatic carbocycles. The van der Waals surface area contributed by atoms with Crippen LogP contribution in [0.3, 0.4) is 0 Å². The minimum atomic E-state index is 0.414. The van der Waals surface area contributed by atoms with Crippen LogP contribution in [-0.2, 0) is 17.9 Å². The second kappa shape index (κ2) is 7.48. The Morgan fingerprint density at radius 1 is 1.29 bits per heavy atom. The summed E-state index contributed by atoms with van der Waals surface area (Å²) in [4.78, 5) is 0. The van der Waals surface area contributed by atoms with E-state index in [1.54, 1.807) is 7.11 Å². The molecule has 1 aromatic heterocycles. The predicted octanol–water partition coefficient (Wildman–Crippen LogP) is 3.87. The molecular formula is C17H25NO3. The molecule has 0 spiro atoms. The zero-order valence-corrected chi connectivity index (χ0v) is 13.4. The highest BCUT2D eigenvalue weighted by Gasteiger charge is 2.15. The topological polar surface area (TPSA) is 43.6 Å². The molecule has 1 N–H and O–H groups in total. The Kier molecular flexibility index (Phi) is 5.65. The third-order valence-electron chi connectivity index (χ3n) is 3.28. The average molecular weight is 291 g/mol. The molecule has 0 bridgehead atoms. The number of hydrogen-bond acceptors (Lipinski definition) is 4. The molecule has 4 nitrogen and oxygen atoms in total. The fraction of sp³-hybridized carbons (Fsp3) is 0.529. The Morgan fingerprint density at radius 3 is 2.76 bits per heavy atom. The molecular weight excluding hydrogens is 266 g/mol. The molecule has 0 amide bonds. The molecule has 21 heavy (non-hydrogen) atoms. The van der Waals surface area contributed by atoms with Gasteiger partial charge >= 0.3 is 0 Å². The lowest BCUT2D eigenvalue weighted by atomic mass is 10.1. The first-order valence-electron chi connectivity index (χ1n) is 7.55. The van der Waals surface area contributed by atoms with E-state index in [0.717, 1.165) is 41.1 Å². The normalized spacial score (nSPS) is 11.5. The van der Waals surface area contributed by atoms with Crippen molar-refractivity contribution in [2.45, 2.75) is 46.4 Å². The fourth-order valence-electron chi connectivity index (χ4n) is 2.23. The lowest BCUT2D eigenvalue weighted by Gasteiger charge is -2.07. The van der Waals surface area contributed by atoms with Gasteiger partial charge in [0.25, 0.3) is 0 Å². The molecule has 0 aliphatic rings. The average Bonchev–Trinajstić information content (AvgIpc) is 2.81. The van der Waals surface area contributed by atoms with Gasteiger partial charge in [-0.15, -0.1) is 0 Å². The smallest absolute Gasteiger partial charge is 0.135 e. The summed E-state index contributed by atoms with van der Waals surface area (Å²) in [6, 6.07) is 6.38. The number of furan rings is 1. The van der Waals surface area contributed by atoms with Gasteiger partial charge < -0.3 is 19.2 Å². The van der Waals surface area contributed by atoms with Gasteiger partial charge in [0.2, 0.25) is 0 Å². The first-order chi connectivity index (χ1) is 10.2.